The molecule has 27 heavy (non-hydrogen) atoms. The number of hydrogen-bond donors (Lipinski definition) is 2. The van der Waals surface area contributed by atoms with Crippen molar-refractivity contribution in [3.63, 3.8) is 0 Å². The minimum atomic E-state index is -0.664. The first-order valence-electron chi connectivity index (χ1n) is 9.07. The fourth-order valence-corrected chi connectivity index (χ4v) is 3.97. The van der Waals surface area contributed by atoms with Gasteiger partial charge < -0.3 is 15.5 Å². The maximum Gasteiger partial charge on any atom is 0.272 e. The van der Waals surface area contributed by atoms with Gasteiger partial charge in [-0.3, -0.25) is 9.59 Å². The van der Waals surface area contributed by atoms with Crippen LogP contribution in [0.25, 0.3) is 5.52 Å². The van der Waals surface area contributed by atoms with Gasteiger partial charge in [0, 0.05) is 13.1 Å². The van der Waals surface area contributed by atoms with Crippen molar-refractivity contribution < 1.29 is 9.59 Å². The Labute approximate surface area is 156 Å². The molecule has 0 unspecified atom stereocenters. The quantitative estimate of drug-likeness (QED) is 0.697. The van der Waals surface area contributed by atoms with Gasteiger partial charge in [0.15, 0.2) is 0 Å². The van der Waals surface area contributed by atoms with Crippen molar-refractivity contribution in [1.29, 1.82) is 0 Å². The molecule has 2 N–H and O–H groups in total. The molecule has 1 fully saturated rings. The summed E-state index contributed by atoms with van der Waals surface area (Å²) < 4.78 is 1.66. The van der Waals surface area contributed by atoms with E-state index in [0.29, 0.717) is 31.6 Å². The minimum Gasteiger partial charge on any atom is -0.369 e. The average Bonchev–Trinajstić information content (AvgIpc) is 3.18. The number of rotatable bonds is 1. The van der Waals surface area contributed by atoms with E-state index in [1.807, 2.05) is 42.5 Å². The predicted octanol–water partition coefficient (Wildman–Crippen LogP) is 2.37. The molecule has 0 bridgehead atoms. The number of nitrogens with one attached hydrogen (secondary N) is 2. The summed E-state index contributed by atoms with van der Waals surface area (Å²) in [6, 6.07) is 15.1. The Balaban J connectivity index is 1.37. The molecule has 3 aromatic rings. The standard InChI is InChI=1S/C20H19N5O2/c26-18(17-7-3-4-14-8-11-21-25(14)17)24-12-9-20(10-13-24)19(27)22-15-5-1-2-6-16(15)23-20/h1-8,11,23H,9-10,12-13H2,(H,22,27). The Hall–Kier alpha value is -3.35. The van der Waals surface area contributed by atoms with Gasteiger partial charge in [0.05, 0.1) is 23.1 Å². The molecule has 7 heteroatoms. The Morgan fingerprint density at radius 3 is 2.59 bits per heavy atom. The van der Waals surface area contributed by atoms with E-state index in [1.165, 1.54) is 0 Å². The molecular weight excluding hydrogens is 342 g/mol. The highest BCUT2D eigenvalue weighted by atomic mass is 16.2. The number of fused-ring (bicyclic) bond motifs is 2. The van der Waals surface area contributed by atoms with Crippen molar-refractivity contribution in [3.05, 3.63) is 60.4 Å². The van der Waals surface area contributed by atoms with E-state index >= 15 is 0 Å². The first kappa shape index (κ1) is 15.9. The van der Waals surface area contributed by atoms with E-state index in [9.17, 15) is 9.59 Å². The van der Waals surface area contributed by atoms with Crippen LogP contribution in [0.1, 0.15) is 23.3 Å². The van der Waals surface area contributed by atoms with Gasteiger partial charge in [-0.2, -0.15) is 5.10 Å². The number of hydrogen-bond acceptors (Lipinski definition) is 4. The molecule has 1 aromatic carbocycles. The summed E-state index contributed by atoms with van der Waals surface area (Å²) in [4.78, 5) is 27.5. The molecule has 0 radical (unpaired) electrons. The van der Waals surface area contributed by atoms with Gasteiger partial charge in [-0.05, 0) is 43.2 Å². The number of nitrogens with zero attached hydrogens (tertiary/aromatic N) is 3. The number of anilines is 2. The molecule has 0 saturated carbocycles. The summed E-state index contributed by atoms with van der Waals surface area (Å²) in [6.45, 7) is 1.03. The number of amides is 2. The van der Waals surface area contributed by atoms with E-state index in [0.717, 1.165) is 16.9 Å². The number of aromatic nitrogens is 2. The molecule has 2 amide bonds. The van der Waals surface area contributed by atoms with E-state index in [-0.39, 0.29) is 11.8 Å². The molecule has 2 aromatic heterocycles. The zero-order chi connectivity index (χ0) is 18.4. The van der Waals surface area contributed by atoms with E-state index < -0.39 is 5.54 Å². The monoisotopic (exact) mass is 361 g/mol. The summed E-state index contributed by atoms with van der Waals surface area (Å²) in [6.07, 6.45) is 2.81. The maximum atomic E-state index is 13.0. The fourth-order valence-electron chi connectivity index (χ4n) is 3.97. The number of benzene rings is 1. The normalized spacial score (nSPS) is 18.1. The average molecular weight is 361 g/mol. The molecule has 1 spiro atoms. The van der Waals surface area contributed by atoms with Crippen molar-refractivity contribution in [1.82, 2.24) is 14.5 Å². The number of carbonyl (C=O) groups is 2. The van der Waals surface area contributed by atoms with E-state index in [1.54, 1.807) is 21.7 Å². The second kappa shape index (κ2) is 5.84. The molecule has 4 heterocycles. The Morgan fingerprint density at radius 1 is 1.00 bits per heavy atom. The van der Waals surface area contributed by atoms with Gasteiger partial charge in [-0.15, -0.1) is 0 Å². The molecule has 2 aliphatic rings. The van der Waals surface area contributed by atoms with Gasteiger partial charge in [0.25, 0.3) is 5.91 Å². The van der Waals surface area contributed by atoms with Crippen LogP contribution in [0.3, 0.4) is 0 Å². The number of likely N-dealkylation sites (tertiary alicyclic amines) is 1. The zero-order valence-corrected chi connectivity index (χ0v) is 14.7. The summed E-state index contributed by atoms with van der Waals surface area (Å²) in [5.74, 6) is -0.0850. The highest BCUT2D eigenvalue weighted by molar-refractivity contribution is 6.06. The largest absolute Gasteiger partial charge is 0.369 e. The maximum absolute atomic E-state index is 13.0. The minimum absolute atomic E-state index is 0.0255. The lowest BCUT2D eigenvalue weighted by Gasteiger charge is -2.44. The van der Waals surface area contributed by atoms with Gasteiger partial charge in [0.2, 0.25) is 5.91 Å². The fraction of sp³-hybridized carbons (Fsp3) is 0.250. The second-order valence-corrected chi connectivity index (χ2v) is 7.08. The van der Waals surface area contributed by atoms with Crippen LogP contribution in [0.5, 0.6) is 0 Å². The molecule has 2 aliphatic heterocycles. The molecule has 136 valence electrons. The summed E-state index contributed by atoms with van der Waals surface area (Å²) in [5.41, 5.74) is 2.50. The van der Waals surface area contributed by atoms with Gasteiger partial charge in [0.1, 0.15) is 11.2 Å². The zero-order valence-electron chi connectivity index (χ0n) is 14.7. The van der Waals surface area contributed by atoms with Crippen LogP contribution in [-0.4, -0.2) is 45.0 Å². The Bertz CT molecular complexity index is 1050. The van der Waals surface area contributed by atoms with Crippen LogP contribution < -0.4 is 10.6 Å². The molecule has 5 rings (SSSR count). The van der Waals surface area contributed by atoms with Gasteiger partial charge in [-0.25, -0.2) is 4.52 Å². The second-order valence-electron chi connectivity index (χ2n) is 7.08. The molecule has 1 saturated heterocycles. The highest BCUT2D eigenvalue weighted by Crippen LogP contribution is 2.36. The van der Waals surface area contributed by atoms with Crippen molar-refractivity contribution in [2.75, 3.05) is 23.7 Å². The SMILES string of the molecule is O=C(c1cccc2ccnn12)N1CCC2(CC1)Nc1ccccc1NC2=O. The predicted molar refractivity (Wildman–Crippen MR) is 102 cm³/mol. The van der Waals surface area contributed by atoms with Gasteiger partial charge >= 0.3 is 0 Å². The lowest BCUT2D eigenvalue weighted by Crippen LogP contribution is -2.59. The van der Waals surface area contributed by atoms with E-state index in [2.05, 4.69) is 15.7 Å². The first-order valence-corrected chi connectivity index (χ1v) is 9.07. The molecular formula is C20H19N5O2. The van der Waals surface area contributed by atoms with Crippen LogP contribution in [0, 0.1) is 0 Å². The Kier molecular flexibility index (Phi) is 3.43. The van der Waals surface area contributed by atoms with Crippen molar-refractivity contribution in [3.8, 4) is 0 Å². The third kappa shape index (κ3) is 2.46. The third-order valence-corrected chi connectivity index (χ3v) is 5.53. The Morgan fingerprint density at radius 2 is 1.78 bits per heavy atom. The molecule has 7 nitrogen and oxygen atoms in total. The lowest BCUT2D eigenvalue weighted by atomic mass is 9.84. The molecule has 0 aliphatic carbocycles. The molecule has 0 atom stereocenters. The first-order chi connectivity index (χ1) is 13.2. The summed E-state index contributed by atoms with van der Waals surface area (Å²) in [5, 5.41) is 10.7. The number of piperidine rings is 1. The smallest absolute Gasteiger partial charge is 0.272 e. The van der Waals surface area contributed by atoms with Crippen LogP contribution in [0.4, 0.5) is 11.4 Å². The van der Waals surface area contributed by atoms with Crippen LogP contribution >= 0.6 is 0 Å². The van der Waals surface area contributed by atoms with Crippen molar-refractivity contribution in [2.24, 2.45) is 0 Å². The topological polar surface area (TPSA) is 78.7 Å². The van der Waals surface area contributed by atoms with Gasteiger partial charge in [-0.1, -0.05) is 18.2 Å². The van der Waals surface area contributed by atoms with Crippen molar-refractivity contribution in [2.45, 2.75) is 18.4 Å². The van der Waals surface area contributed by atoms with Crippen LogP contribution in [-0.2, 0) is 4.79 Å². The highest BCUT2D eigenvalue weighted by Gasteiger charge is 2.45. The number of pyridine rings is 1. The van der Waals surface area contributed by atoms with Crippen LogP contribution in [0.15, 0.2) is 54.7 Å². The number of carbonyl (C=O) groups excluding carboxylic acids is 2. The number of para-hydroxylation sites is 2. The summed E-state index contributed by atoms with van der Waals surface area (Å²) >= 11 is 0. The lowest BCUT2D eigenvalue weighted by molar-refractivity contribution is -0.122. The third-order valence-electron chi connectivity index (χ3n) is 5.53. The van der Waals surface area contributed by atoms with Crippen molar-refractivity contribution >= 4 is 28.7 Å². The van der Waals surface area contributed by atoms with Crippen LogP contribution in [0.2, 0.25) is 0 Å². The van der Waals surface area contributed by atoms with E-state index in [4.69, 9.17) is 0 Å². The summed E-state index contributed by atoms with van der Waals surface area (Å²) in [7, 11) is 0.